The van der Waals surface area contributed by atoms with Gasteiger partial charge in [-0.25, -0.2) is 9.67 Å². The van der Waals surface area contributed by atoms with Gasteiger partial charge in [-0.1, -0.05) is 11.6 Å². The van der Waals surface area contributed by atoms with Crippen molar-refractivity contribution in [3.8, 4) is 0 Å². The van der Waals surface area contributed by atoms with Gasteiger partial charge in [-0.2, -0.15) is 5.10 Å². The zero-order valence-electron chi connectivity index (χ0n) is 10.6. The molecule has 2 rings (SSSR count). The third-order valence-electron chi connectivity index (χ3n) is 2.49. The molecular formula is C11H12ClN5O3. The van der Waals surface area contributed by atoms with Crippen LogP contribution in [0.5, 0.6) is 0 Å². The molecule has 0 aliphatic carbocycles. The molecular weight excluding hydrogens is 286 g/mol. The fourth-order valence-electron chi connectivity index (χ4n) is 1.46. The smallest absolute Gasteiger partial charge is 0.327 e. The number of nitrogens with zero attached hydrogens (tertiary/aromatic N) is 3. The molecule has 2 aromatic rings. The Hall–Kier alpha value is -2.35. The number of esters is 1. The highest BCUT2D eigenvalue weighted by Crippen LogP contribution is 2.15. The highest BCUT2D eigenvalue weighted by Gasteiger charge is 2.12. The maximum Gasteiger partial charge on any atom is 0.327 e. The molecule has 20 heavy (non-hydrogen) atoms. The molecule has 0 aromatic carbocycles. The van der Waals surface area contributed by atoms with Crippen LogP contribution >= 0.6 is 11.6 Å². The number of aromatic amines is 1. The van der Waals surface area contributed by atoms with Crippen LogP contribution in [0, 0.1) is 0 Å². The van der Waals surface area contributed by atoms with Crippen LogP contribution in [0.3, 0.4) is 0 Å². The first-order chi connectivity index (χ1) is 9.61. The number of ether oxygens (including phenoxy) is 1. The van der Waals surface area contributed by atoms with Crippen molar-refractivity contribution in [3.05, 3.63) is 39.8 Å². The van der Waals surface area contributed by atoms with Crippen LogP contribution in [0.1, 0.15) is 5.82 Å². The summed E-state index contributed by atoms with van der Waals surface area (Å²) in [6.45, 7) is 0.0857. The number of carbonyl (C=O) groups excluding carboxylic acids is 1. The van der Waals surface area contributed by atoms with E-state index in [2.05, 4.69) is 25.1 Å². The number of nitrogens with one attached hydrogen (secondary N) is 2. The van der Waals surface area contributed by atoms with E-state index in [0.717, 1.165) is 4.68 Å². The minimum Gasteiger partial charge on any atom is -0.468 e. The molecule has 0 aliphatic rings. The Morgan fingerprint density at radius 1 is 1.60 bits per heavy atom. The third kappa shape index (κ3) is 3.15. The first kappa shape index (κ1) is 14.1. The molecule has 0 amide bonds. The Labute approximate surface area is 118 Å². The lowest BCUT2D eigenvalue weighted by molar-refractivity contribution is -0.141. The minimum absolute atomic E-state index is 0.0459. The van der Waals surface area contributed by atoms with E-state index in [4.69, 9.17) is 11.6 Å². The van der Waals surface area contributed by atoms with E-state index in [1.165, 1.54) is 13.3 Å². The number of hydrogen-bond acceptors (Lipinski definition) is 6. The maximum atomic E-state index is 11.9. The third-order valence-corrected chi connectivity index (χ3v) is 2.86. The first-order valence-corrected chi connectivity index (χ1v) is 6.04. The molecule has 0 saturated carbocycles. The lowest BCUT2D eigenvalue weighted by Gasteiger charge is -2.08. The summed E-state index contributed by atoms with van der Waals surface area (Å²) in [6, 6.07) is 0. The van der Waals surface area contributed by atoms with Crippen molar-refractivity contribution >= 4 is 23.3 Å². The van der Waals surface area contributed by atoms with Crippen LogP contribution in [-0.2, 0) is 22.6 Å². The van der Waals surface area contributed by atoms with Gasteiger partial charge in [-0.3, -0.25) is 9.59 Å². The molecule has 0 aliphatic heterocycles. The average molecular weight is 298 g/mol. The van der Waals surface area contributed by atoms with Crippen molar-refractivity contribution in [1.29, 1.82) is 0 Å². The number of carbonyl (C=O) groups is 1. The van der Waals surface area contributed by atoms with Gasteiger partial charge in [0.1, 0.15) is 17.4 Å². The number of halogens is 1. The molecule has 9 heteroatoms. The van der Waals surface area contributed by atoms with Crippen LogP contribution in [0.15, 0.2) is 23.4 Å². The second-order valence-corrected chi connectivity index (χ2v) is 4.18. The Kier molecular flexibility index (Phi) is 4.36. The number of hydrogen-bond donors (Lipinski definition) is 2. The van der Waals surface area contributed by atoms with Crippen LogP contribution < -0.4 is 10.9 Å². The summed E-state index contributed by atoms with van der Waals surface area (Å²) >= 11 is 5.95. The molecule has 2 N–H and O–H groups in total. The second-order valence-electron chi connectivity index (χ2n) is 3.80. The standard InChI is InChI=1S/C11H12ClN5O3/c1-20-9(18)6-17-11(19)10(12)7(4-16-17)15-5-8-13-2-3-14-8/h2-4,15H,5-6H2,1H3,(H,13,14). The fraction of sp³-hybridized carbons (Fsp3) is 0.273. The maximum absolute atomic E-state index is 11.9. The number of aromatic nitrogens is 4. The monoisotopic (exact) mass is 297 g/mol. The van der Waals surface area contributed by atoms with Crippen molar-refractivity contribution in [3.63, 3.8) is 0 Å². The largest absolute Gasteiger partial charge is 0.468 e. The number of rotatable bonds is 5. The van der Waals surface area contributed by atoms with Gasteiger partial charge >= 0.3 is 5.97 Å². The molecule has 0 radical (unpaired) electrons. The molecule has 106 valence electrons. The lowest BCUT2D eigenvalue weighted by Crippen LogP contribution is -2.28. The molecule has 0 spiro atoms. The van der Waals surface area contributed by atoms with E-state index in [1.807, 2.05) is 0 Å². The molecule has 0 bridgehead atoms. The molecule has 2 aromatic heterocycles. The SMILES string of the molecule is COC(=O)Cn1ncc(NCc2ncc[nH]2)c(Cl)c1=O. The van der Waals surface area contributed by atoms with Gasteiger partial charge in [0.25, 0.3) is 5.56 Å². The van der Waals surface area contributed by atoms with E-state index in [-0.39, 0.29) is 11.6 Å². The van der Waals surface area contributed by atoms with E-state index in [0.29, 0.717) is 18.1 Å². The quantitative estimate of drug-likeness (QED) is 0.775. The van der Waals surface area contributed by atoms with Gasteiger partial charge in [-0.05, 0) is 0 Å². The van der Waals surface area contributed by atoms with Gasteiger partial charge in [0.05, 0.1) is 25.5 Å². The zero-order valence-corrected chi connectivity index (χ0v) is 11.3. The van der Waals surface area contributed by atoms with Crippen molar-refractivity contribution < 1.29 is 9.53 Å². The molecule has 2 heterocycles. The van der Waals surface area contributed by atoms with Crippen molar-refractivity contribution in [2.45, 2.75) is 13.1 Å². The van der Waals surface area contributed by atoms with Crippen molar-refractivity contribution in [1.82, 2.24) is 19.7 Å². The normalized spacial score (nSPS) is 10.3. The highest BCUT2D eigenvalue weighted by molar-refractivity contribution is 6.32. The summed E-state index contributed by atoms with van der Waals surface area (Å²) in [5.41, 5.74) is -0.198. The zero-order chi connectivity index (χ0) is 14.5. The van der Waals surface area contributed by atoms with Gasteiger partial charge < -0.3 is 15.0 Å². The van der Waals surface area contributed by atoms with E-state index in [9.17, 15) is 9.59 Å². The summed E-state index contributed by atoms with van der Waals surface area (Å²) < 4.78 is 5.40. The average Bonchev–Trinajstić information content (AvgIpc) is 2.96. The molecule has 8 nitrogen and oxygen atoms in total. The minimum atomic E-state index is -0.577. The van der Waals surface area contributed by atoms with Gasteiger partial charge in [0, 0.05) is 12.4 Å². The summed E-state index contributed by atoms with van der Waals surface area (Å²) in [6.07, 6.45) is 4.67. The number of imidazole rings is 1. The summed E-state index contributed by atoms with van der Waals surface area (Å²) in [5.74, 6) is 0.117. The highest BCUT2D eigenvalue weighted by atomic mass is 35.5. The lowest BCUT2D eigenvalue weighted by atomic mass is 10.4. The van der Waals surface area contributed by atoms with Gasteiger partial charge in [0.2, 0.25) is 0 Å². The predicted molar refractivity (Wildman–Crippen MR) is 71.4 cm³/mol. The second kappa shape index (κ2) is 6.20. The number of anilines is 1. The van der Waals surface area contributed by atoms with Gasteiger partial charge in [-0.15, -0.1) is 0 Å². The Balaban J connectivity index is 2.14. The number of methoxy groups -OCH3 is 1. The van der Waals surface area contributed by atoms with Crippen LogP contribution in [-0.4, -0.2) is 32.8 Å². The Morgan fingerprint density at radius 2 is 2.40 bits per heavy atom. The summed E-state index contributed by atoms with van der Waals surface area (Å²) in [4.78, 5) is 29.9. The molecule has 0 atom stereocenters. The van der Waals surface area contributed by atoms with E-state index >= 15 is 0 Å². The topological polar surface area (TPSA) is 102 Å². The number of H-pyrrole nitrogens is 1. The van der Waals surface area contributed by atoms with E-state index in [1.54, 1.807) is 12.4 Å². The first-order valence-electron chi connectivity index (χ1n) is 5.66. The summed E-state index contributed by atoms with van der Waals surface area (Å²) in [5, 5.41) is 6.74. The van der Waals surface area contributed by atoms with Crippen LogP contribution in [0.2, 0.25) is 5.02 Å². The van der Waals surface area contributed by atoms with Crippen LogP contribution in [0.4, 0.5) is 5.69 Å². The fourth-order valence-corrected chi connectivity index (χ4v) is 1.67. The molecule has 0 unspecified atom stereocenters. The Morgan fingerprint density at radius 3 is 3.05 bits per heavy atom. The Bertz CT molecular complexity index is 653. The molecule has 0 fully saturated rings. The predicted octanol–water partition coefficient (Wildman–Crippen LogP) is 0.405. The van der Waals surface area contributed by atoms with Gasteiger partial charge in [0.15, 0.2) is 0 Å². The van der Waals surface area contributed by atoms with E-state index < -0.39 is 11.5 Å². The summed E-state index contributed by atoms with van der Waals surface area (Å²) in [7, 11) is 1.23. The molecule has 0 saturated heterocycles. The van der Waals surface area contributed by atoms with Crippen LogP contribution in [0.25, 0.3) is 0 Å². The van der Waals surface area contributed by atoms with Crippen molar-refractivity contribution in [2.75, 3.05) is 12.4 Å². The van der Waals surface area contributed by atoms with Crippen molar-refractivity contribution in [2.24, 2.45) is 0 Å².